The van der Waals surface area contributed by atoms with Crippen molar-refractivity contribution >= 4 is 11.8 Å². The van der Waals surface area contributed by atoms with Crippen molar-refractivity contribution in [1.82, 2.24) is 5.32 Å². The maximum absolute atomic E-state index is 5.27. The third-order valence-electron chi connectivity index (χ3n) is 2.50. The van der Waals surface area contributed by atoms with Gasteiger partial charge in [0.1, 0.15) is 5.76 Å². The fraction of sp³-hybridized carbons (Fsp3) is 0.636. The van der Waals surface area contributed by atoms with E-state index in [1.165, 1.54) is 4.90 Å². The molecule has 0 bridgehead atoms. The Bertz CT molecular complexity index is 268. The van der Waals surface area contributed by atoms with Crippen molar-refractivity contribution in [3.8, 4) is 0 Å². The maximum atomic E-state index is 5.27. The fourth-order valence-corrected chi connectivity index (χ4v) is 2.79. The summed E-state index contributed by atoms with van der Waals surface area (Å²) in [5.41, 5.74) is 0. The molecule has 3 heteroatoms. The number of nitrogens with one attached hydrogen (secondary N) is 1. The van der Waals surface area contributed by atoms with E-state index in [2.05, 4.69) is 19.2 Å². The molecule has 14 heavy (non-hydrogen) atoms. The number of hydrogen-bond acceptors (Lipinski definition) is 3. The SMILES string of the molecule is CCC(NC)C(C)Sc1ccoc1C. The first-order valence-electron chi connectivity index (χ1n) is 5.07. The number of hydrogen-bond donors (Lipinski definition) is 1. The van der Waals surface area contributed by atoms with Gasteiger partial charge in [0.05, 0.1) is 6.26 Å². The summed E-state index contributed by atoms with van der Waals surface area (Å²) < 4.78 is 5.27. The van der Waals surface area contributed by atoms with Crippen LogP contribution < -0.4 is 5.32 Å². The van der Waals surface area contributed by atoms with Crippen LogP contribution in [0.3, 0.4) is 0 Å². The summed E-state index contributed by atoms with van der Waals surface area (Å²) in [6.07, 6.45) is 2.91. The molecule has 0 saturated heterocycles. The van der Waals surface area contributed by atoms with Gasteiger partial charge in [-0.1, -0.05) is 13.8 Å². The lowest BCUT2D eigenvalue weighted by molar-refractivity contribution is 0.524. The molecule has 1 rings (SSSR count). The molecule has 1 aromatic heterocycles. The third-order valence-corrected chi connectivity index (χ3v) is 3.88. The minimum absolute atomic E-state index is 0.564. The van der Waals surface area contributed by atoms with E-state index < -0.39 is 0 Å². The molecule has 0 radical (unpaired) electrons. The van der Waals surface area contributed by atoms with Gasteiger partial charge < -0.3 is 9.73 Å². The molecule has 0 aliphatic carbocycles. The van der Waals surface area contributed by atoms with Crippen LogP contribution >= 0.6 is 11.8 Å². The molecule has 1 heterocycles. The van der Waals surface area contributed by atoms with E-state index in [4.69, 9.17) is 4.42 Å². The zero-order chi connectivity index (χ0) is 10.6. The summed E-state index contributed by atoms with van der Waals surface area (Å²) in [4.78, 5) is 1.26. The Hall–Kier alpha value is -0.410. The van der Waals surface area contributed by atoms with Gasteiger partial charge in [0, 0.05) is 16.2 Å². The van der Waals surface area contributed by atoms with Crippen molar-refractivity contribution < 1.29 is 4.42 Å². The highest BCUT2D eigenvalue weighted by molar-refractivity contribution is 8.00. The summed E-state index contributed by atoms with van der Waals surface area (Å²) in [5.74, 6) is 1.02. The second-order valence-corrected chi connectivity index (χ2v) is 4.89. The van der Waals surface area contributed by atoms with Gasteiger partial charge in [-0.2, -0.15) is 0 Å². The zero-order valence-electron chi connectivity index (χ0n) is 9.33. The molecular formula is C11H19NOS. The van der Waals surface area contributed by atoms with Crippen LogP contribution in [0.2, 0.25) is 0 Å². The highest BCUT2D eigenvalue weighted by Gasteiger charge is 2.16. The predicted molar refractivity (Wildman–Crippen MR) is 61.9 cm³/mol. The molecule has 0 fully saturated rings. The molecule has 0 saturated carbocycles. The zero-order valence-corrected chi connectivity index (χ0v) is 10.1. The minimum atomic E-state index is 0.564. The molecule has 2 unspecified atom stereocenters. The molecule has 0 aliphatic heterocycles. The Morgan fingerprint density at radius 1 is 1.57 bits per heavy atom. The van der Waals surface area contributed by atoms with Gasteiger partial charge in [-0.05, 0) is 26.5 Å². The summed E-state index contributed by atoms with van der Waals surface area (Å²) >= 11 is 1.88. The van der Waals surface area contributed by atoms with E-state index in [-0.39, 0.29) is 0 Å². The molecule has 80 valence electrons. The smallest absolute Gasteiger partial charge is 0.114 e. The van der Waals surface area contributed by atoms with Crippen molar-refractivity contribution in [2.75, 3.05) is 7.05 Å². The number of furan rings is 1. The lowest BCUT2D eigenvalue weighted by Gasteiger charge is -2.21. The summed E-state index contributed by atoms with van der Waals surface area (Å²) in [5, 5.41) is 3.90. The average Bonchev–Trinajstić information content (AvgIpc) is 2.54. The Kier molecular flexibility index (Phi) is 4.55. The molecule has 1 aromatic rings. The Morgan fingerprint density at radius 3 is 2.71 bits per heavy atom. The van der Waals surface area contributed by atoms with Crippen LogP contribution in [0.25, 0.3) is 0 Å². The third kappa shape index (κ3) is 2.79. The second kappa shape index (κ2) is 5.47. The normalized spacial score (nSPS) is 15.4. The molecule has 0 aromatic carbocycles. The van der Waals surface area contributed by atoms with Gasteiger partial charge in [-0.3, -0.25) is 0 Å². The molecule has 2 atom stereocenters. The Balaban J connectivity index is 2.56. The highest BCUT2D eigenvalue weighted by atomic mass is 32.2. The van der Waals surface area contributed by atoms with Gasteiger partial charge in [0.15, 0.2) is 0 Å². The summed E-state index contributed by atoms with van der Waals surface area (Å²) in [7, 11) is 2.02. The van der Waals surface area contributed by atoms with Gasteiger partial charge in [-0.25, -0.2) is 0 Å². The predicted octanol–water partition coefficient (Wildman–Crippen LogP) is 3.07. The Morgan fingerprint density at radius 2 is 2.29 bits per heavy atom. The average molecular weight is 213 g/mol. The van der Waals surface area contributed by atoms with Crippen molar-refractivity contribution in [1.29, 1.82) is 0 Å². The lowest BCUT2D eigenvalue weighted by atomic mass is 10.2. The van der Waals surface area contributed by atoms with Crippen LogP contribution in [0.5, 0.6) is 0 Å². The summed E-state index contributed by atoms with van der Waals surface area (Å²) in [6.45, 7) is 6.47. The molecule has 2 nitrogen and oxygen atoms in total. The maximum Gasteiger partial charge on any atom is 0.114 e. The standard InChI is InChI=1S/C11H19NOS/c1-5-10(12-4)9(3)14-11-6-7-13-8(11)2/h6-7,9-10,12H,5H2,1-4H3. The summed E-state index contributed by atoms with van der Waals surface area (Å²) in [6, 6.07) is 2.60. The van der Waals surface area contributed by atoms with E-state index in [9.17, 15) is 0 Å². The van der Waals surface area contributed by atoms with E-state index in [1.54, 1.807) is 6.26 Å². The number of rotatable bonds is 5. The van der Waals surface area contributed by atoms with Gasteiger partial charge in [0.25, 0.3) is 0 Å². The molecule has 0 spiro atoms. The first-order chi connectivity index (χ1) is 6.69. The van der Waals surface area contributed by atoms with Crippen molar-refractivity contribution in [2.45, 2.75) is 43.4 Å². The van der Waals surface area contributed by atoms with Gasteiger partial charge in [0.2, 0.25) is 0 Å². The van der Waals surface area contributed by atoms with E-state index >= 15 is 0 Å². The van der Waals surface area contributed by atoms with E-state index in [0.717, 1.165) is 12.2 Å². The van der Waals surface area contributed by atoms with Crippen LogP contribution in [0.15, 0.2) is 21.6 Å². The highest BCUT2D eigenvalue weighted by Crippen LogP contribution is 2.29. The van der Waals surface area contributed by atoms with E-state index in [0.29, 0.717) is 11.3 Å². The van der Waals surface area contributed by atoms with Crippen molar-refractivity contribution in [2.24, 2.45) is 0 Å². The molecule has 0 amide bonds. The monoisotopic (exact) mass is 213 g/mol. The van der Waals surface area contributed by atoms with E-state index in [1.807, 2.05) is 31.8 Å². The van der Waals surface area contributed by atoms with Crippen molar-refractivity contribution in [3.63, 3.8) is 0 Å². The number of thioether (sulfide) groups is 1. The first kappa shape index (κ1) is 11.7. The van der Waals surface area contributed by atoms with Crippen LogP contribution in [0.1, 0.15) is 26.0 Å². The quantitative estimate of drug-likeness (QED) is 0.761. The van der Waals surface area contributed by atoms with Gasteiger partial charge >= 0.3 is 0 Å². The lowest BCUT2D eigenvalue weighted by Crippen LogP contribution is -2.33. The van der Waals surface area contributed by atoms with Crippen LogP contribution in [0.4, 0.5) is 0 Å². The Labute approximate surface area is 90.5 Å². The molecule has 0 aliphatic rings. The fourth-order valence-electron chi connectivity index (χ4n) is 1.55. The van der Waals surface area contributed by atoms with Gasteiger partial charge in [-0.15, -0.1) is 11.8 Å². The van der Waals surface area contributed by atoms with Crippen molar-refractivity contribution in [3.05, 3.63) is 18.1 Å². The second-order valence-electron chi connectivity index (χ2n) is 3.47. The van der Waals surface area contributed by atoms with Crippen LogP contribution in [-0.2, 0) is 0 Å². The largest absolute Gasteiger partial charge is 0.468 e. The van der Waals surface area contributed by atoms with Crippen LogP contribution in [0, 0.1) is 6.92 Å². The number of aryl methyl sites for hydroxylation is 1. The van der Waals surface area contributed by atoms with Crippen LogP contribution in [-0.4, -0.2) is 18.3 Å². The molecular weight excluding hydrogens is 194 g/mol. The minimum Gasteiger partial charge on any atom is -0.468 e. The molecule has 1 N–H and O–H groups in total. The topological polar surface area (TPSA) is 25.2 Å². The first-order valence-corrected chi connectivity index (χ1v) is 5.95.